The minimum Gasteiger partial charge on any atom is -0.0844 e. The van der Waals surface area contributed by atoms with Gasteiger partial charge < -0.3 is 0 Å². The summed E-state index contributed by atoms with van der Waals surface area (Å²) in [5.41, 5.74) is 0. The van der Waals surface area contributed by atoms with Crippen LogP contribution < -0.4 is 0 Å². The Labute approximate surface area is 80.7 Å². The van der Waals surface area contributed by atoms with E-state index in [0.717, 1.165) is 19.3 Å². The molecule has 13 heavy (non-hydrogen) atoms. The molecule has 0 radical (unpaired) electrons. The van der Waals surface area contributed by atoms with Gasteiger partial charge in [-0.2, -0.15) is 0 Å². The van der Waals surface area contributed by atoms with Crippen LogP contribution in [-0.4, -0.2) is 0 Å². The predicted molar refractivity (Wildman–Crippen MR) is 59.6 cm³/mol. The maximum Gasteiger partial charge on any atom is -0.0166 e. The van der Waals surface area contributed by atoms with Gasteiger partial charge in [0, 0.05) is 0 Å². The quantitative estimate of drug-likeness (QED) is 0.485. The Morgan fingerprint density at radius 1 is 0.385 bits per heavy atom. The summed E-state index contributed by atoms with van der Waals surface area (Å²) in [6.07, 6.45) is 24.5. The van der Waals surface area contributed by atoms with Gasteiger partial charge >= 0.3 is 0 Å². The van der Waals surface area contributed by atoms with Crippen LogP contribution >= 0.6 is 0 Å². The van der Waals surface area contributed by atoms with E-state index in [1.54, 1.807) is 0 Å². The van der Waals surface area contributed by atoms with E-state index in [4.69, 9.17) is 0 Å². The molecule has 68 valence electrons. The van der Waals surface area contributed by atoms with Gasteiger partial charge in [-0.15, -0.1) is 0 Å². The van der Waals surface area contributed by atoms with Crippen molar-refractivity contribution in [2.75, 3.05) is 0 Å². The molecule has 1 rings (SSSR count). The largest absolute Gasteiger partial charge is 0.0844 e. The highest BCUT2D eigenvalue weighted by molar-refractivity contribution is 5.13. The molecule has 0 spiro atoms. The van der Waals surface area contributed by atoms with E-state index in [0.29, 0.717) is 0 Å². The van der Waals surface area contributed by atoms with Crippen molar-refractivity contribution in [2.45, 2.75) is 19.3 Å². The second kappa shape index (κ2) is 7.35. The lowest BCUT2D eigenvalue weighted by Gasteiger charge is -1.82. The van der Waals surface area contributed by atoms with Crippen LogP contribution in [0.15, 0.2) is 60.8 Å². The topological polar surface area (TPSA) is 0 Å². The summed E-state index contributed by atoms with van der Waals surface area (Å²) in [7, 11) is 0. The van der Waals surface area contributed by atoms with Crippen molar-refractivity contribution in [1.82, 2.24) is 0 Å². The summed E-state index contributed by atoms with van der Waals surface area (Å²) in [6, 6.07) is 0. The SMILES string of the molecule is C1=CC/C=C/C\C=C/C=C/C=C/C1. The summed E-state index contributed by atoms with van der Waals surface area (Å²) >= 11 is 0. The molecule has 0 saturated carbocycles. The van der Waals surface area contributed by atoms with Crippen molar-refractivity contribution in [3.63, 3.8) is 0 Å². The molecule has 1 aliphatic carbocycles. The van der Waals surface area contributed by atoms with Crippen molar-refractivity contribution >= 4 is 0 Å². The molecule has 0 aliphatic heterocycles. The lowest BCUT2D eigenvalue weighted by molar-refractivity contribution is 1.28. The monoisotopic (exact) mass is 172 g/mol. The molecule has 0 atom stereocenters. The van der Waals surface area contributed by atoms with E-state index in [1.807, 2.05) is 0 Å². The molecule has 0 N–H and O–H groups in total. The first-order valence-corrected chi connectivity index (χ1v) is 4.78. The van der Waals surface area contributed by atoms with Crippen molar-refractivity contribution in [3.05, 3.63) is 60.8 Å². The smallest absolute Gasteiger partial charge is 0.0166 e. The van der Waals surface area contributed by atoms with Crippen LogP contribution in [0, 0.1) is 0 Å². The molecule has 0 unspecified atom stereocenters. The molecule has 0 amide bonds. The average Bonchev–Trinajstić information content (AvgIpc) is 2.18. The van der Waals surface area contributed by atoms with E-state index in [1.165, 1.54) is 0 Å². The van der Waals surface area contributed by atoms with Crippen molar-refractivity contribution in [3.8, 4) is 0 Å². The molecule has 1 aliphatic rings. The van der Waals surface area contributed by atoms with Crippen LogP contribution in [0.3, 0.4) is 0 Å². The van der Waals surface area contributed by atoms with Gasteiger partial charge in [-0.25, -0.2) is 0 Å². The number of rotatable bonds is 0. The maximum atomic E-state index is 2.20. The zero-order chi connectivity index (χ0) is 9.19. The minimum atomic E-state index is 1.03. The second-order valence-electron chi connectivity index (χ2n) is 2.89. The zero-order valence-electron chi connectivity index (χ0n) is 7.89. The van der Waals surface area contributed by atoms with Gasteiger partial charge in [0.15, 0.2) is 0 Å². The van der Waals surface area contributed by atoms with Gasteiger partial charge in [0.25, 0.3) is 0 Å². The van der Waals surface area contributed by atoms with E-state index in [9.17, 15) is 0 Å². The Balaban J connectivity index is 2.49. The first-order chi connectivity index (χ1) is 6.50. The van der Waals surface area contributed by atoms with Gasteiger partial charge in [0.05, 0.1) is 0 Å². The number of allylic oxidation sites excluding steroid dienone is 10. The fourth-order valence-electron chi connectivity index (χ4n) is 1.06. The predicted octanol–water partition coefficient (Wildman–Crippen LogP) is 3.95. The van der Waals surface area contributed by atoms with Crippen LogP contribution in [0.25, 0.3) is 0 Å². The highest BCUT2D eigenvalue weighted by Gasteiger charge is 1.74. The van der Waals surface area contributed by atoms with Gasteiger partial charge in [0.2, 0.25) is 0 Å². The molecule has 0 bridgehead atoms. The Kier molecular flexibility index (Phi) is 5.54. The van der Waals surface area contributed by atoms with E-state index >= 15 is 0 Å². The third-order valence-corrected chi connectivity index (χ3v) is 1.76. The third-order valence-electron chi connectivity index (χ3n) is 1.76. The molecule has 0 heterocycles. The molecule has 0 heteroatoms. The highest BCUT2D eigenvalue weighted by Crippen LogP contribution is 1.95. The lowest BCUT2D eigenvalue weighted by atomic mass is 10.3. The minimum absolute atomic E-state index is 1.03. The number of hydrogen-bond acceptors (Lipinski definition) is 0. The molecule has 0 aromatic carbocycles. The van der Waals surface area contributed by atoms with E-state index < -0.39 is 0 Å². The summed E-state index contributed by atoms with van der Waals surface area (Å²) in [6.45, 7) is 0. The lowest BCUT2D eigenvalue weighted by Crippen LogP contribution is -1.61. The molecule has 0 aromatic heterocycles. The average molecular weight is 172 g/mol. The van der Waals surface area contributed by atoms with Crippen molar-refractivity contribution < 1.29 is 0 Å². The Bertz CT molecular complexity index is 223. The summed E-state index contributed by atoms with van der Waals surface area (Å²) < 4.78 is 0. The highest BCUT2D eigenvalue weighted by atomic mass is 13.8. The fourth-order valence-corrected chi connectivity index (χ4v) is 1.06. The molecule has 0 fully saturated rings. The normalized spacial score (nSPS) is 27.7. The Morgan fingerprint density at radius 3 is 1.23 bits per heavy atom. The Hall–Kier alpha value is -1.30. The van der Waals surface area contributed by atoms with E-state index in [-0.39, 0.29) is 0 Å². The summed E-state index contributed by atoms with van der Waals surface area (Å²) in [5.74, 6) is 0. The maximum absolute atomic E-state index is 2.20. The number of hydrogen-bond donors (Lipinski definition) is 0. The van der Waals surface area contributed by atoms with Gasteiger partial charge in [-0.1, -0.05) is 60.8 Å². The van der Waals surface area contributed by atoms with Crippen LogP contribution in [0.2, 0.25) is 0 Å². The first kappa shape index (κ1) is 9.79. The zero-order valence-corrected chi connectivity index (χ0v) is 7.89. The molecule has 0 saturated heterocycles. The second-order valence-corrected chi connectivity index (χ2v) is 2.89. The Morgan fingerprint density at radius 2 is 0.769 bits per heavy atom. The molecular weight excluding hydrogens is 156 g/mol. The summed E-state index contributed by atoms with van der Waals surface area (Å²) in [5, 5.41) is 0. The van der Waals surface area contributed by atoms with Gasteiger partial charge in [-0.05, 0) is 19.3 Å². The standard InChI is InChI=1S/C13H16/c1-2-4-6-8-10-12-13-11-9-7-5-3-1/h1-6,9-12H,7-8,13H2/b2-1+,5-3-,6-4+,11-9+,12-10?. The molecule has 0 nitrogen and oxygen atoms in total. The molecule has 0 aromatic rings. The third kappa shape index (κ3) is 5.92. The first-order valence-electron chi connectivity index (χ1n) is 4.78. The fraction of sp³-hybridized carbons (Fsp3) is 0.231. The summed E-state index contributed by atoms with van der Waals surface area (Å²) in [4.78, 5) is 0. The van der Waals surface area contributed by atoms with Crippen molar-refractivity contribution in [1.29, 1.82) is 0 Å². The van der Waals surface area contributed by atoms with Gasteiger partial charge in [-0.3, -0.25) is 0 Å². The van der Waals surface area contributed by atoms with Crippen LogP contribution in [0.1, 0.15) is 19.3 Å². The van der Waals surface area contributed by atoms with Gasteiger partial charge in [0.1, 0.15) is 0 Å². The van der Waals surface area contributed by atoms with Crippen LogP contribution in [-0.2, 0) is 0 Å². The van der Waals surface area contributed by atoms with Crippen LogP contribution in [0.5, 0.6) is 0 Å². The van der Waals surface area contributed by atoms with E-state index in [2.05, 4.69) is 60.8 Å². The van der Waals surface area contributed by atoms with Crippen molar-refractivity contribution in [2.24, 2.45) is 0 Å². The van der Waals surface area contributed by atoms with Crippen LogP contribution in [0.4, 0.5) is 0 Å². The molecular formula is C13H16.